The zero-order chi connectivity index (χ0) is 13.0. The van der Waals surface area contributed by atoms with E-state index in [0.717, 1.165) is 17.5 Å². The Hall–Kier alpha value is -1.88. The van der Waals surface area contributed by atoms with Crippen molar-refractivity contribution in [3.8, 4) is 17.2 Å². The summed E-state index contributed by atoms with van der Waals surface area (Å²) in [5, 5.41) is 13.2. The number of phenols is 1. The van der Waals surface area contributed by atoms with E-state index in [1.54, 1.807) is 18.2 Å². The quantitative estimate of drug-likeness (QED) is 0.824. The van der Waals surface area contributed by atoms with Gasteiger partial charge in [0.15, 0.2) is 5.82 Å². The lowest BCUT2D eigenvalue weighted by Gasteiger charge is -2.00. The van der Waals surface area contributed by atoms with Crippen LogP contribution in [0.15, 0.2) is 22.7 Å². The summed E-state index contributed by atoms with van der Waals surface area (Å²) >= 11 is 0. The Morgan fingerprint density at radius 3 is 2.94 bits per heavy atom. The molecule has 0 saturated heterocycles. The lowest BCUT2D eigenvalue weighted by atomic mass is 10.1. The molecule has 5 nitrogen and oxygen atoms in total. The van der Waals surface area contributed by atoms with Crippen LogP contribution in [0.25, 0.3) is 11.5 Å². The van der Waals surface area contributed by atoms with Crippen LogP contribution < -0.4 is 0 Å². The van der Waals surface area contributed by atoms with Gasteiger partial charge in [0.05, 0.1) is 0 Å². The molecule has 0 bridgehead atoms. The molecule has 1 heterocycles. The summed E-state index contributed by atoms with van der Waals surface area (Å²) in [7, 11) is 0. The largest absolute Gasteiger partial charge is 0.508 e. The van der Waals surface area contributed by atoms with E-state index in [1.165, 1.54) is 0 Å². The topological polar surface area (TPSA) is 68.4 Å². The Balaban J connectivity index is 2.13. The predicted octanol–water partition coefficient (Wildman–Crippen LogP) is 2.68. The highest BCUT2D eigenvalue weighted by atomic mass is 16.5. The van der Waals surface area contributed by atoms with Crippen LogP contribution in [-0.4, -0.2) is 21.9 Å². The average molecular weight is 248 g/mol. The van der Waals surface area contributed by atoms with Crippen LogP contribution in [0.1, 0.15) is 24.7 Å². The van der Waals surface area contributed by atoms with Gasteiger partial charge in [-0.3, -0.25) is 0 Å². The van der Waals surface area contributed by atoms with Gasteiger partial charge in [0.25, 0.3) is 5.89 Å². The fraction of sp³-hybridized carbons (Fsp3) is 0.385. The summed E-state index contributed by atoms with van der Waals surface area (Å²) in [6.07, 6.45) is 0.960. The van der Waals surface area contributed by atoms with E-state index in [-0.39, 0.29) is 5.75 Å². The summed E-state index contributed by atoms with van der Waals surface area (Å²) in [4.78, 5) is 4.26. The van der Waals surface area contributed by atoms with Crippen molar-refractivity contribution in [2.75, 3.05) is 6.61 Å². The van der Waals surface area contributed by atoms with E-state index in [1.807, 2.05) is 13.8 Å². The van der Waals surface area contributed by atoms with Crippen molar-refractivity contribution in [3.63, 3.8) is 0 Å². The van der Waals surface area contributed by atoms with Gasteiger partial charge in [0.2, 0.25) is 0 Å². The van der Waals surface area contributed by atoms with Gasteiger partial charge < -0.3 is 14.4 Å². The standard InChI is InChI=1S/C13H16N2O3/c1-3-6-17-8-12-14-13(18-15-12)11-5-4-10(16)7-9(11)2/h4-5,7,16H,3,6,8H2,1-2H3. The lowest BCUT2D eigenvalue weighted by molar-refractivity contribution is 0.114. The normalized spacial score (nSPS) is 10.8. The molecule has 0 saturated carbocycles. The second-order valence-corrected chi connectivity index (χ2v) is 4.07. The highest BCUT2D eigenvalue weighted by molar-refractivity contribution is 5.59. The van der Waals surface area contributed by atoms with Crippen LogP contribution >= 0.6 is 0 Å². The van der Waals surface area contributed by atoms with E-state index in [0.29, 0.717) is 24.9 Å². The number of hydrogen-bond acceptors (Lipinski definition) is 5. The van der Waals surface area contributed by atoms with Crippen LogP contribution in [-0.2, 0) is 11.3 Å². The molecule has 96 valence electrons. The molecule has 1 aromatic carbocycles. The summed E-state index contributed by atoms with van der Waals surface area (Å²) in [5.74, 6) is 1.20. The Bertz CT molecular complexity index is 523. The fourth-order valence-electron chi connectivity index (χ4n) is 1.62. The molecule has 0 unspecified atom stereocenters. The number of ether oxygens (including phenoxy) is 1. The van der Waals surface area contributed by atoms with Gasteiger partial charge in [-0.25, -0.2) is 0 Å². The summed E-state index contributed by atoms with van der Waals surface area (Å²) < 4.78 is 10.5. The second-order valence-electron chi connectivity index (χ2n) is 4.07. The van der Waals surface area contributed by atoms with Gasteiger partial charge in [-0.05, 0) is 37.1 Å². The predicted molar refractivity (Wildman–Crippen MR) is 66.1 cm³/mol. The van der Waals surface area contributed by atoms with Gasteiger partial charge >= 0.3 is 0 Å². The molecule has 0 aliphatic heterocycles. The first-order valence-corrected chi connectivity index (χ1v) is 5.91. The number of benzene rings is 1. The molecule has 0 amide bonds. The second kappa shape index (κ2) is 5.64. The molecule has 1 N–H and O–H groups in total. The Morgan fingerprint density at radius 2 is 2.22 bits per heavy atom. The van der Waals surface area contributed by atoms with Gasteiger partial charge in [-0.1, -0.05) is 12.1 Å². The molecule has 1 aromatic heterocycles. The Kier molecular flexibility index (Phi) is 3.94. The third-order valence-corrected chi connectivity index (χ3v) is 2.49. The fourth-order valence-corrected chi connectivity index (χ4v) is 1.62. The van der Waals surface area contributed by atoms with Crippen LogP contribution in [0.2, 0.25) is 0 Å². The number of aromatic nitrogens is 2. The maximum atomic E-state index is 9.35. The number of rotatable bonds is 5. The Morgan fingerprint density at radius 1 is 1.39 bits per heavy atom. The maximum absolute atomic E-state index is 9.35. The number of phenolic OH excluding ortho intramolecular Hbond substituents is 1. The third-order valence-electron chi connectivity index (χ3n) is 2.49. The minimum absolute atomic E-state index is 0.224. The van der Waals surface area contributed by atoms with E-state index in [9.17, 15) is 5.11 Å². The summed E-state index contributed by atoms with van der Waals surface area (Å²) in [6.45, 7) is 4.96. The highest BCUT2D eigenvalue weighted by Crippen LogP contribution is 2.24. The first kappa shape index (κ1) is 12.6. The van der Waals surface area contributed by atoms with Crippen molar-refractivity contribution >= 4 is 0 Å². The molecule has 0 aliphatic rings. The first-order chi connectivity index (χ1) is 8.70. The number of aryl methyl sites for hydroxylation is 1. The maximum Gasteiger partial charge on any atom is 0.258 e. The van der Waals surface area contributed by atoms with Crippen molar-refractivity contribution in [3.05, 3.63) is 29.6 Å². The van der Waals surface area contributed by atoms with Crippen molar-refractivity contribution < 1.29 is 14.4 Å². The minimum atomic E-state index is 0.224. The highest BCUT2D eigenvalue weighted by Gasteiger charge is 2.11. The molecule has 2 aromatic rings. The Labute approximate surface area is 105 Å². The van der Waals surface area contributed by atoms with E-state index in [2.05, 4.69) is 10.1 Å². The zero-order valence-corrected chi connectivity index (χ0v) is 10.5. The van der Waals surface area contributed by atoms with Gasteiger partial charge in [0.1, 0.15) is 12.4 Å². The smallest absolute Gasteiger partial charge is 0.258 e. The van der Waals surface area contributed by atoms with Crippen molar-refractivity contribution in [1.82, 2.24) is 10.1 Å². The SMILES string of the molecule is CCCOCc1noc(-c2ccc(O)cc2C)n1. The summed E-state index contributed by atoms with van der Waals surface area (Å²) in [6, 6.07) is 5.02. The molecule has 0 radical (unpaired) electrons. The van der Waals surface area contributed by atoms with Crippen molar-refractivity contribution in [2.45, 2.75) is 26.9 Å². The van der Waals surface area contributed by atoms with Gasteiger partial charge in [0, 0.05) is 12.2 Å². The van der Waals surface area contributed by atoms with Crippen molar-refractivity contribution in [2.24, 2.45) is 0 Å². The first-order valence-electron chi connectivity index (χ1n) is 5.91. The minimum Gasteiger partial charge on any atom is -0.508 e. The molecule has 0 atom stereocenters. The molecule has 0 aliphatic carbocycles. The lowest BCUT2D eigenvalue weighted by Crippen LogP contribution is -1.95. The molecular weight excluding hydrogens is 232 g/mol. The van der Waals surface area contributed by atoms with E-state index < -0.39 is 0 Å². The van der Waals surface area contributed by atoms with Crippen LogP contribution in [0.4, 0.5) is 0 Å². The molecular formula is C13H16N2O3. The molecule has 0 fully saturated rings. The number of aromatic hydroxyl groups is 1. The molecule has 5 heteroatoms. The third kappa shape index (κ3) is 2.87. The van der Waals surface area contributed by atoms with Crippen LogP contribution in [0.3, 0.4) is 0 Å². The molecule has 0 spiro atoms. The van der Waals surface area contributed by atoms with Crippen LogP contribution in [0.5, 0.6) is 5.75 Å². The summed E-state index contributed by atoms with van der Waals surface area (Å²) in [5.41, 5.74) is 1.71. The number of hydrogen-bond donors (Lipinski definition) is 1. The van der Waals surface area contributed by atoms with Gasteiger partial charge in [-0.2, -0.15) is 4.98 Å². The van der Waals surface area contributed by atoms with Crippen molar-refractivity contribution in [1.29, 1.82) is 0 Å². The van der Waals surface area contributed by atoms with E-state index >= 15 is 0 Å². The van der Waals surface area contributed by atoms with Crippen LogP contribution in [0, 0.1) is 6.92 Å². The monoisotopic (exact) mass is 248 g/mol. The molecule has 2 rings (SSSR count). The average Bonchev–Trinajstić information content (AvgIpc) is 2.78. The van der Waals surface area contributed by atoms with E-state index in [4.69, 9.17) is 9.26 Å². The number of nitrogens with zero attached hydrogens (tertiary/aromatic N) is 2. The van der Waals surface area contributed by atoms with Gasteiger partial charge in [-0.15, -0.1) is 0 Å². The zero-order valence-electron chi connectivity index (χ0n) is 10.5. The molecule has 18 heavy (non-hydrogen) atoms.